The van der Waals surface area contributed by atoms with Crippen LogP contribution in [-0.2, 0) is 6.42 Å². The van der Waals surface area contributed by atoms with Gasteiger partial charge in [-0.1, -0.05) is 24.4 Å². The Morgan fingerprint density at radius 2 is 2.24 bits per heavy atom. The smallest absolute Gasteiger partial charge is 0.254 e. The van der Waals surface area contributed by atoms with Gasteiger partial charge in [0.25, 0.3) is 5.91 Å². The van der Waals surface area contributed by atoms with Crippen molar-refractivity contribution in [1.29, 1.82) is 0 Å². The van der Waals surface area contributed by atoms with Crippen LogP contribution in [0.15, 0.2) is 36.5 Å². The molecule has 5 heteroatoms. The number of carbonyl (C=O) groups is 1. The molecule has 2 N–H and O–H groups in total. The van der Waals surface area contributed by atoms with E-state index in [-0.39, 0.29) is 11.9 Å². The summed E-state index contributed by atoms with van der Waals surface area (Å²) >= 11 is 5.15. The summed E-state index contributed by atoms with van der Waals surface area (Å²) in [7, 11) is 1.67. The molecule has 1 atom stereocenters. The minimum atomic E-state index is -0.141. The third-order valence-electron chi connectivity index (χ3n) is 3.82. The number of H-pyrrole nitrogens is 1. The molecule has 0 aliphatic heterocycles. The molecule has 3 rings (SSSR count). The summed E-state index contributed by atoms with van der Waals surface area (Å²) < 4.78 is 5.84. The Labute approximate surface area is 128 Å². The van der Waals surface area contributed by atoms with Crippen LogP contribution in [0.5, 0.6) is 5.75 Å². The molecule has 108 valence electrons. The monoisotopic (exact) mass is 300 g/mol. The van der Waals surface area contributed by atoms with Gasteiger partial charge in [0.15, 0.2) is 0 Å². The van der Waals surface area contributed by atoms with Crippen LogP contribution in [0, 0.1) is 4.64 Å². The number of rotatable bonds is 3. The van der Waals surface area contributed by atoms with E-state index in [1.54, 1.807) is 25.4 Å². The minimum absolute atomic E-state index is 0.0113. The number of ether oxygens (including phenoxy) is 1. The van der Waals surface area contributed by atoms with Crippen molar-refractivity contribution in [3.63, 3.8) is 0 Å². The van der Waals surface area contributed by atoms with Crippen LogP contribution in [0.1, 0.15) is 33.9 Å². The molecule has 0 bridgehead atoms. The summed E-state index contributed by atoms with van der Waals surface area (Å²) in [6, 6.07) is 9.47. The second kappa shape index (κ2) is 5.69. The lowest BCUT2D eigenvalue weighted by molar-refractivity contribution is 0.0936. The average molecular weight is 300 g/mol. The SMILES string of the molecule is COc1cccc2c1CC[C@H]2NC(=O)c1ccc[nH]c1=S. The van der Waals surface area contributed by atoms with Gasteiger partial charge in [-0.15, -0.1) is 0 Å². The zero-order valence-electron chi connectivity index (χ0n) is 11.7. The number of fused-ring (bicyclic) bond motifs is 1. The molecule has 1 heterocycles. The number of benzene rings is 1. The molecule has 1 amide bonds. The maximum absolute atomic E-state index is 12.4. The van der Waals surface area contributed by atoms with E-state index in [2.05, 4.69) is 10.3 Å². The topological polar surface area (TPSA) is 54.1 Å². The van der Waals surface area contributed by atoms with Gasteiger partial charge in [-0.3, -0.25) is 4.79 Å². The summed E-state index contributed by atoms with van der Waals surface area (Å²) in [5, 5.41) is 3.06. The molecule has 0 saturated heterocycles. The molecule has 4 nitrogen and oxygen atoms in total. The van der Waals surface area contributed by atoms with Crippen LogP contribution in [0.25, 0.3) is 0 Å². The fraction of sp³-hybridized carbons (Fsp3) is 0.250. The number of pyridine rings is 1. The van der Waals surface area contributed by atoms with Crippen LogP contribution < -0.4 is 10.1 Å². The molecule has 1 aromatic carbocycles. The summed E-state index contributed by atoms with van der Waals surface area (Å²) in [6.45, 7) is 0. The predicted molar refractivity (Wildman–Crippen MR) is 83.1 cm³/mol. The first kappa shape index (κ1) is 13.8. The van der Waals surface area contributed by atoms with Crippen molar-refractivity contribution in [2.75, 3.05) is 7.11 Å². The van der Waals surface area contributed by atoms with E-state index < -0.39 is 0 Å². The Bertz CT molecular complexity index is 739. The molecule has 0 saturated carbocycles. The van der Waals surface area contributed by atoms with Crippen molar-refractivity contribution in [1.82, 2.24) is 10.3 Å². The number of hydrogen-bond acceptors (Lipinski definition) is 3. The molecular formula is C16H16N2O2S. The number of aromatic nitrogens is 1. The van der Waals surface area contributed by atoms with E-state index in [1.807, 2.05) is 18.2 Å². The van der Waals surface area contributed by atoms with Gasteiger partial charge < -0.3 is 15.0 Å². The van der Waals surface area contributed by atoms with Crippen molar-refractivity contribution in [2.24, 2.45) is 0 Å². The average Bonchev–Trinajstić information content (AvgIpc) is 2.91. The number of amides is 1. The Hall–Kier alpha value is -2.14. The van der Waals surface area contributed by atoms with Crippen molar-refractivity contribution >= 4 is 18.1 Å². The second-order valence-electron chi connectivity index (χ2n) is 5.01. The zero-order chi connectivity index (χ0) is 14.8. The molecule has 0 unspecified atom stereocenters. The first-order valence-corrected chi connectivity index (χ1v) is 7.26. The van der Waals surface area contributed by atoms with E-state index in [4.69, 9.17) is 17.0 Å². The van der Waals surface area contributed by atoms with E-state index in [0.717, 1.165) is 24.2 Å². The highest BCUT2D eigenvalue weighted by Gasteiger charge is 2.26. The Morgan fingerprint density at radius 1 is 1.38 bits per heavy atom. The molecule has 1 aliphatic carbocycles. The molecule has 0 fully saturated rings. The Morgan fingerprint density at radius 3 is 3.00 bits per heavy atom. The summed E-state index contributed by atoms with van der Waals surface area (Å²) in [5.74, 6) is 0.749. The fourth-order valence-corrected chi connectivity index (χ4v) is 3.03. The quantitative estimate of drug-likeness (QED) is 0.856. The van der Waals surface area contributed by atoms with Gasteiger partial charge in [0.2, 0.25) is 0 Å². The number of nitrogens with one attached hydrogen (secondary N) is 2. The van der Waals surface area contributed by atoms with Crippen LogP contribution in [0.2, 0.25) is 0 Å². The van der Waals surface area contributed by atoms with Gasteiger partial charge >= 0.3 is 0 Å². The van der Waals surface area contributed by atoms with Gasteiger partial charge in [-0.25, -0.2) is 0 Å². The fourth-order valence-electron chi connectivity index (χ4n) is 2.80. The third-order valence-corrected chi connectivity index (χ3v) is 4.15. The zero-order valence-corrected chi connectivity index (χ0v) is 12.5. The number of hydrogen-bond donors (Lipinski definition) is 2. The van der Waals surface area contributed by atoms with Gasteiger partial charge in [0.1, 0.15) is 10.4 Å². The number of aromatic amines is 1. The molecular weight excluding hydrogens is 284 g/mol. The molecule has 0 spiro atoms. The first-order chi connectivity index (χ1) is 10.2. The molecule has 1 aromatic heterocycles. The van der Waals surface area contributed by atoms with Crippen LogP contribution >= 0.6 is 12.2 Å². The molecule has 2 aromatic rings. The maximum Gasteiger partial charge on any atom is 0.254 e. The molecule has 1 aliphatic rings. The Kier molecular flexibility index (Phi) is 3.75. The number of methoxy groups -OCH3 is 1. The second-order valence-corrected chi connectivity index (χ2v) is 5.41. The lowest BCUT2D eigenvalue weighted by Crippen LogP contribution is -2.27. The van der Waals surface area contributed by atoms with Crippen molar-refractivity contribution < 1.29 is 9.53 Å². The van der Waals surface area contributed by atoms with Crippen molar-refractivity contribution in [3.8, 4) is 5.75 Å². The van der Waals surface area contributed by atoms with Crippen molar-refractivity contribution in [2.45, 2.75) is 18.9 Å². The largest absolute Gasteiger partial charge is 0.496 e. The summed E-state index contributed by atoms with van der Waals surface area (Å²) in [6.07, 6.45) is 3.51. The predicted octanol–water partition coefficient (Wildman–Crippen LogP) is 3.17. The third kappa shape index (κ3) is 2.56. The standard InChI is InChI=1S/C16H16N2O2S/c1-20-14-6-2-4-10-11(14)7-8-13(10)18-15(19)12-5-3-9-17-16(12)21/h2-6,9,13H,7-8H2,1H3,(H,17,21)(H,18,19)/t13-/m1/s1. The van der Waals surface area contributed by atoms with E-state index >= 15 is 0 Å². The van der Waals surface area contributed by atoms with Crippen molar-refractivity contribution in [3.05, 3.63) is 57.9 Å². The lowest BCUT2D eigenvalue weighted by atomic mass is 10.1. The van der Waals surface area contributed by atoms with E-state index in [0.29, 0.717) is 10.2 Å². The van der Waals surface area contributed by atoms with Gasteiger partial charge in [0.05, 0.1) is 18.7 Å². The van der Waals surface area contributed by atoms with Crippen LogP contribution in [-0.4, -0.2) is 18.0 Å². The molecule has 21 heavy (non-hydrogen) atoms. The van der Waals surface area contributed by atoms with E-state index in [9.17, 15) is 4.79 Å². The Balaban J connectivity index is 1.85. The molecule has 0 radical (unpaired) electrons. The van der Waals surface area contributed by atoms with Gasteiger partial charge in [-0.05, 0) is 42.2 Å². The highest BCUT2D eigenvalue weighted by molar-refractivity contribution is 7.71. The van der Waals surface area contributed by atoms with Crippen LogP contribution in [0.3, 0.4) is 0 Å². The van der Waals surface area contributed by atoms with Gasteiger partial charge in [0, 0.05) is 6.20 Å². The summed E-state index contributed by atoms with van der Waals surface area (Å²) in [4.78, 5) is 15.2. The normalized spacial score (nSPS) is 16.3. The van der Waals surface area contributed by atoms with Gasteiger partial charge in [-0.2, -0.15) is 0 Å². The highest BCUT2D eigenvalue weighted by Crippen LogP contribution is 2.36. The van der Waals surface area contributed by atoms with E-state index in [1.165, 1.54) is 5.56 Å². The lowest BCUT2D eigenvalue weighted by Gasteiger charge is -2.15. The summed E-state index contributed by atoms with van der Waals surface area (Å²) in [5.41, 5.74) is 2.82. The minimum Gasteiger partial charge on any atom is -0.496 e. The maximum atomic E-state index is 12.4. The highest BCUT2D eigenvalue weighted by atomic mass is 32.1. The van der Waals surface area contributed by atoms with Crippen LogP contribution in [0.4, 0.5) is 0 Å². The first-order valence-electron chi connectivity index (χ1n) is 6.85. The number of carbonyl (C=O) groups excluding carboxylic acids is 1.